The fourth-order valence-corrected chi connectivity index (χ4v) is 2.25. The summed E-state index contributed by atoms with van der Waals surface area (Å²) >= 11 is 5.05. The van der Waals surface area contributed by atoms with Crippen LogP contribution >= 0.6 is 12.2 Å². The number of hydrogen-bond acceptors (Lipinski definition) is 2. The number of aryl methyl sites for hydroxylation is 1. The van der Waals surface area contributed by atoms with Gasteiger partial charge in [0.25, 0.3) is 0 Å². The zero-order valence-electron chi connectivity index (χ0n) is 11.1. The van der Waals surface area contributed by atoms with Gasteiger partial charge in [0, 0.05) is 49.7 Å². The number of carbonyl (C=O) groups is 1. The van der Waals surface area contributed by atoms with Gasteiger partial charge >= 0.3 is 0 Å². The van der Waals surface area contributed by atoms with Crippen LogP contribution in [0.1, 0.15) is 12.0 Å². The molecule has 0 saturated heterocycles. The molecular weight excluding hydrogens is 258 g/mol. The zero-order valence-corrected chi connectivity index (χ0v) is 11.9. The van der Waals surface area contributed by atoms with E-state index in [1.807, 2.05) is 30.5 Å². The molecule has 2 rings (SSSR count). The number of nitrogens with zero attached hydrogens (tertiary/aromatic N) is 2. The zero-order chi connectivity index (χ0) is 14.0. The highest BCUT2D eigenvalue weighted by Crippen LogP contribution is 2.20. The van der Waals surface area contributed by atoms with Crippen LogP contribution in [0.4, 0.5) is 0 Å². The van der Waals surface area contributed by atoms with Crippen molar-refractivity contribution in [1.29, 1.82) is 0 Å². The molecule has 0 aliphatic carbocycles. The van der Waals surface area contributed by atoms with E-state index in [-0.39, 0.29) is 5.91 Å². The first-order chi connectivity index (χ1) is 9.00. The molecule has 2 aromatic rings. The highest BCUT2D eigenvalue weighted by Gasteiger charge is 2.09. The normalized spacial score (nSPS) is 10.6. The van der Waals surface area contributed by atoms with Crippen LogP contribution in [-0.4, -0.2) is 34.5 Å². The minimum atomic E-state index is 0.118. The second kappa shape index (κ2) is 5.40. The number of rotatable bonds is 4. The van der Waals surface area contributed by atoms with Crippen molar-refractivity contribution in [3.8, 4) is 0 Å². The molecule has 100 valence electrons. The number of benzene rings is 1. The number of hydrogen-bond donors (Lipinski definition) is 1. The SMILES string of the molecule is CN(C)C(=O)CCn1ccc2c(C(N)=S)cccc21. The molecule has 1 heterocycles. The van der Waals surface area contributed by atoms with Crippen LogP contribution in [0.15, 0.2) is 30.5 Å². The summed E-state index contributed by atoms with van der Waals surface area (Å²) in [6.07, 6.45) is 2.45. The maximum atomic E-state index is 11.6. The average molecular weight is 275 g/mol. The third-order valence-corrected chi connectivity index (χ3v) is 3.36. The van der Waals surface area contributed by atoms with Gasteiger partial charge < -0.3 is 15.2 Å². The molecule has 4 nitrogen and oxygen atoms in total. The topological polar surface area (TPSA) is 51.3 Å². The van der Waals surface area contributed by atoms with Crippen LogP contribution in [0, 0.1) is 0 Å². The molecule has 19 heavy (non-hydrogen) atoms. The molecule has 0 fully saturated rings. The summed E-state index contributed by atoms with van der Waals surface area (Å²) in [6, 6.07) is 7.85. The molecule has 1 amide bonds. The number of fused-ring (bicyclic) bond motifs is 1. The van der Waals surface area contributed by atoms with Gasteiger partial charge in [0.1, 0.15) is 4.99 Å². The van der Waals surface area contributed by atoms with Gasteiger partial charge in [-0.15, -0.1) is 0 Å². The van der Waals surface area contributed by atoms with Crippen molar-refractivity contribution in [2.45, 2.75) is 13.0 Å². The van der Waals surface area contributed by atoms with Gasteiger partial charge in [0.2, 0.25) is 5.91 Å². The Bertz CT molecular complexity index is 631. The molecule has 5 heteroatoms. The molecular formula is C14H17N3OS. The minimum absolute atomic E-state index is 0.118. The van der Waals surface area contributed by atoms with Crippen LogP contribution < -0.4 is 5.73 Å². The maximum absolute atomic E-state index is 11.6. The smallest absolute Gasteiger partial charge is 0.223 e. The van der Waals surface area contributed by atoms with Gasteiger partial charge in [-0.3, -0.25) is 4.79 Å². The second-order valence-corrected chi connectivity index (χ2v) is 5.09. The van der Waals surface area contributed by atoms with Crippen LogP contribution in [0.5, 0.6) is 0 Å². The molecule has 0 aliphatic rings. The summed E-state index contributed by atoms with van der Waals surface area (Å²) in [7, 11) is 3.53. The van der Waals surface area contributed by atoms with E-state index in [0.717, 1.165) is 16.5 Å². The van der Waals surface area contributed by atoms with Crippen LogP contribution in [0.3, 0.4) is 0 Å². The van der Waals surface area contributed by atoms with Gasteiger partial charge in [-0.2, -0.15) is 0 Å². The summed E-state index contributed by atoms with van der Waals surface area (Å²) in [6.45, 7) is 0.654. The first-order valence-corrected chi connectivity index (χ1v) is 6.49. The maximum Gasteiger partial charge on any atom is 0.223 e. The van der Waals surface area contributed by atoms with Gasteiger partial charge in [0.05, 0.1) is 0 Å². The van der Waals surface area contributed by atoms with E-state index in [0.29, 0.717) is 18.0 Å². The average Bonchev–Trinajstić information content (AvgIpc) is 2.78. The predicted octanol–water partition coefficient (Wildman–Crippen LogP) is 1.75. The van der Waals surface area contributed by atoms with E-state index in [1.54, 1.807) is 19.0 Å². The lowest BCUT2D eigenvalue weighted by Gasteiger charge is -2.11. The van der Waals surface area contributed by atoms with Crippen molar-refractivity contribution < 1.29 is 4.79 Å². The molecule has 1 aromatic carbocycles. The Balaban J connectivity index is 2.29. The molecule has 0 bridgehead atoms. The first kappa shape index (κ1) is 13.5. The molecule has 0 unspecified atom stereocenters. The largest absolute Gasteiger partial charge is 0.389 e. The van der Waals surface area contributed by atoms with E-state index in [1.165, 1.54) is 0 Å². The Morgan fingerprint density at radius 3 is 2.74 bits per heavy atom. The molecule has 0 saturated carbocycles. The fourth-order valence-electron chi connectivity index (χ4n) is 2.07. The predicted molar refractivity (Wildman–Crippen MR) is 81.1 cm³/mol. The van der Waals surface area contributed by atoms with Crippen molar-refractivity contribution in [2.24, 2.45) is 5.73 Å². The van der Waals surface area contributed by atoms with Crippen molar-refractivity contribution in [2.75, 3.05) is 14.1 Å². The van der Waals surface area contributed by atoms with E-state index in [9.17, 15) is 4.79 Å². The molecule has 0 radical (unpaired) electrons. The van der Waals surface area contributed by atoms with Crippen molar-refractivity contribution in [1.82, 2.24) is 9.47 Å². The molecule has 0 atom stereocenters. The number of nitrogens with two attached hydrogens (primary N) is 1. The third-order valence-electron chi connectivity index (χ3n) is 3.14. The van der Waals surface area contributed by atoms with Gasteiger partial charge in [0.15, 0.2) is 0 Å². The molecule has 0 spiro atoms. The number of amides is 1. The van der Waals surface area contributed by atoms with E-state index < -0.39 is 0 Å². The lowest BCUT2D eigenvalue weighted by atomic mass is 10.1. The summed E-state index contributed by atoms with van der Waals surface area (Å²) in [5.41, 5.74) is 7.64. The number of carbonyl (C=O) groups excluding carboxylic acids is 1. The van der Waals surface area contributed by atoms with Crippen molar-refractivity contribution in [3.63, 3.8) is 0 Å². The lowest BCUT2D eigenvalue weighted by Crippen LogP contribution is -2.22. The Morgan fingerprint density at radius 2 is 2.11 bits per heavy atom. The second-order valence-electron chi connectivity index (χ2n) is 4.65. The quantitative estimate of drug-likeness (QED) is 0.865. The van der Waals surface area contributed by atoms with Crippen LogP contribution in [-0.2, 0) is 11.3 Å². The van der Waals surface area contributed by atoms with Crippen molar-refractivity contribution >= 4 is 34.0 Å². The molecule has 2 N–H and O–H groups in total. The van der Waals surface area contributed by atoms with Crippen LogP contribution in [0.2, 0.25) is 0 Å². The lowest BCUT2D eigenvalue weighted by molar-refractivity contribution is -0.128. The Labute approximate surface area is 117 Å². The van der Waals surface area contributed by atoms with E-state index in [2.05, 4.69) is 4.57 Å². The number of thiocarbonyl (C=S) groups is 1. The molecule has 0 aliphatic heterocycles. The van der Waals surface area contributed by atoms with Crippen LogP contribution in [0.25, 0.3) is 10.9 Å². The van der Waals surface area contributed by atoms with Gasteiger partial charge in [-0.25, -0.2) is 0 Å². The Morgan fingerprint density at radius 1 is 1.37 bits per heavy atom. The monoisotopic (exact) mass is 275 g/mol. The van der Waals surface area contributed by atoms with E-state index in [4.69, 9.17) is 18.0 Å². The summed E-state index contributed by atoms with van der Waals surface area (Å²) in [4.78, 5) is 13.6. The fraction of sp³-hybridized carbons (Fsp3) is 0.286. The third kappa shape index (κ3) is 2.76. The Kier molecular flexibility index (Phi) is 3.85. The van der Waals surface area contributed by atoms with E-state index >= 15 is 0 Å². The first-order valence-electron chi connectivity index (χ1n) is 6.08. The summed E-state index contributed by atoms with van der Waals surface area (Å²) in [5, 5.41) is 1.03. The summed E-state index contributed by atoms with van der Waals surface area (Å²) < 4.78 is 2.05. The molecule has 1 aromatic heterocycles. The number of aromatic nitrogens is 1. The van der Waals surface area contributed by atoms with Gasteiger partial charge in [-0.05, 0) is 12.1 Å². The summed E-state index contributed by atoms with van der Waals surface area (Å²) in [5.74, 6) is 0.118. The van der Waals surface area contributed by atoms with Crippen molar-refractivity contribution in [3.05, 3.63) is 36.0 Å². The van der Waals surface area contributed by atoms with Gasteiger partial charge in [-0.1, -0.05) is 24.4 Å². The highest BCUT2D eigenvalue weighted by molar-refractivity contribution is 7.80. The minimum Gasteiger partial charge on any atom is -0.389 e. The highest BCUT2D eigenvalue weighted by atomic mass is 32.1. The Hall–Kier alpha value is -1.88. The standard InChI is InChI=1S/C14H17N3OS/c1-16(2)13(18)7-9-17-8-6-10-11(14(15)19)4-3-5-12(10)17/h3-6,8H,7,9H2,1-2H3,(H2,15,19).